The fraction of sp³-hybridized carbons (Fsp3) is 0.500. The summed E-state index contributed by atoms with van der Waals surface area (Å²) in [5, 5.41) is 10.2. The SMILES string of the molecule is Cc1cc(NC(=O)N2CCc3nn4c(c3C2)C(=O)N(C)C[C@H](CNCC(F)F)C4)ccc1F. The molecule has 1 aromatic carbocycles. The van der Waals surface area contributed by atoms with Gasteiger partial charge in [0.2, 0.25) is 0 Å². The number of carbonyl (C=O) groups excluding carboxylic acids is 2. The van der Waals surface area contributed by atoms with Crippen molar-refractivity contribution < 1.29 is 22.8 Å². The third-order valence-electron chi connectivity index (χ3n) is 6.04. The number of aromatic nitrogens is 2. The zero-order valence-corrected chi connectivity index (χ0v) is 18.6. The van der Waals surface area contributed by atoms with Gasteiger partial charge in [-0.3, -0.25) is 9.48 Å². The molecule has 0 saturated heterocycles. The molecule has 11 heteroatoms. The van der Waals surface area contributed by atoms with E-state index in [9.17, 15) is 22.8 Å². The van der Waals surface area contributed by atoms with Gasteiger partial charge >= 0.3 is 6.03 Å². The van der Waals surface area contributed by atoms with E-state index in [1.54, 1.807) is 34.5 Å². The van der Waals surface area contributed by atoms with E-state index in [2.05, 4.69) is 15.7 Å². The second-order valence-corrected chi connectivity index (χ2v) is 8.62. The number of urea groups is 1. The molecule has 0 radical (unpaired) electrons. The Labute approximate surface area is 189 Å². The molecule has 3 heterocycles. The monoisotopic (exact) mass is 464 g/mol. The number of nitrogens with zero attached hydrogens (tertiary/aromatic N) is 4. The summed E-state index contributed by atoms with van der Waals surface area (Å²) in [5.41, 5.74) is 2.86. The quantitative estimate of drug-likeness (QED) is 0.713. The van der Waals surface area contributed by atoms with Crippen molar-refractivity contribution in [3.63, 3.8) is 0 Å². The number of amides is 3. The van der Waals surface area contributed by atoms with Crippen LogP contribution in [0.15, 0.2) is 18.2 Å². The molecule has 0 fully saturated rings. The van der Waals surface area contributed by atoms with Gasteiger partial charge in [0.1, 0.15) is 11.5 Å². The third kappa shape index (κ3) is 4.97. The third-order valence-corrected chi connectivity index (χ3v) is 6.04. The Morgan fingerprint density at radius 1 is 1.30 bits per heavy atom. The molecule has 0 aliphatic carbocycles. The summed E-state index contributed by atoms with van der Waals surface area (Å²) in [7, 11) is 1.68. The van der Waals surface area contributed by atoms with Gasteiger partial charge in [0.25, 0.3) is 12.3 Å². The molecular formula is C22H27F3N6O2. The van der Waals surface area contributed by atoms with Gasteiger partial charge in [0.05, 0.1) is 18.8 Å². The molecular weight excluding hydrogens is 437 g/mol. The summed E-state index contributed by atoms with van der Waals surface area (Å²) in [6, 6.07) is 4.03. The van der Waals surface area contributed by atoms with Crippen molar-refractivity contribution in [2.75, 3.05) is 38.5 Å². The first-order valence-electron chi connectivity index (χ1n) is 10.9. The molecule has 33 heavy (non-hydrogen) atoms. The molecule has 0 spiro atoms. The Hall–Kier alpha value is -3.08. The second kappa shape index (κ2) is 9.42. The number of fused-ring (bicyclic) bond motifs is 3. The van der Waals surface area contributed by atoms with E-state index >= 15 is 0 Å². The molecule has 1 aromatic heterocycles. The van der Waals surface area contributed by atoms with Crippen molar-refractivity contribution >= 4 is 17.6 Å². The van der Waals surface area contributed by atoms with E-state index in [1.165, 1.54) is 12.1 Å². The van der Waals surface area contributed by atoms with Crippen LogP contribution in [0.1, 0.15) is 27.3 Å². The average Bonchev–Trinajstić information content (AvgIpc) is 3.06. The molecule has 2 aliphatic rings. The number of hydrogen-bond donors (Lipinski definition) is 2. The van der Waals surface area contributed by atoms with E-state index in [1.807, 2.05) is 0 Å². The molecule has 0 bridgehead atoms. The standard InChI is InChI=1S/C22H27F3N6O2/c1-13-7-15(3-4-17(13)23)27-22(33)30-6-5-18-16(12-30)20-21(32)29(2)10-14(11-31(20)28-18)8-26-9-19(24)25/h3-4,7,14,19,26H,5-6,8-12H2,1-2H3,(H,27,33)/t14-/m0/s1. The minimum absolute atomic E-state index is 0.0681. The number of aryl methyl sites for hydroxylation is 1. The highest BCUT2D eigenvalue weighted by molar-refractivity contribution is 5.95. The molecule has 0 saturated carbocycles. The first-order chi connectivity index (χ1) is 15.7. The number of rotatable bonds is 5. The maximum absolute atomic E-state index is 13.5. The van der Waals surface area contributed by atoms with Gasteiger partial charge in [-0.15, -0.1) is 0 Å². The van der Waals surface area contributed by atoms with E-state index in [-0.39, 0.29) is 30.2 Å². The van der Waals surface area contributed by atoms with Crippen LogP contribution in [0.2, 0.25) is 0 Å². The van der Waals surface area contributed by atoms with Crippen LogP contribution in [0.4, 0.5) is 23.7 Å². The zero-order chi connectivity index (χ0) is 23.7. The highest BCUT2D eigenvalue weighted by Gasteiger charge is 2.34. The minimum Gasteiger partial charge on any atom is -0.340 e. The largest absolute Gasteiger partial charge is 0.340 e. The van der Waals surface area contributed by atoms with Gasteiger partial charge in [-0.1, -0.05) is 0 Å². The summed E-state index contributed by atoms with van der Waals surface area (Å²) in [6.45, 7) is 3.07. The molecule has 1 atom stereocenters. The Bertz CT molecular complexity index is 1060. The summed E-state index contributed by atoms with van der Waals surface area (Å²) in [6.07, 6.45) is -1.94. The Morgan fingerprint density at radius 3 is 2.82 bits per heavy atom. The fourth-order valence-electron chi connectivity index (χ4n) is 4.38. The van der Waals surface area contributed by atoms with Crippen LogP contribution in [0, 0.1) is 18.7 Å². The predicted octanol–water partition coefficient (Wildman–Crippen LogP) is 2.48. The van der Waals surface area contributed by atoms with Crippen molar-refractivity contribution in [1.29, 1.82) is 0 Å². The number of alkyl halides is 2. The van der Waals surface area contributed by atoms with Gasteiger partial charge in [-0.05, 0) is 30.7 Å². The van der Waals surface area contributed by atoms with E-state index in [4.69, 9.17) is 0 Å². The number of hydrogen-bond acceptors (Lipinski definition) is 4. The predicted molar refractivity (Wildman–Crippen MR) is 116 cm³/mol. The van der Waals surface area contributed by atoms with Gasteiger partial charge < -0.3 is 20.4 Å². The van der Waals surface area contributed by atoms with Gasteiger partial charge in [-0.2, -0.15) is 5.10 Å². The molecule has 2 aromatic rings. The lowest BCUT2D eigenvalue weighted by molar-refractivity contribution is 0.0776. The molecule has 0 unspecified atom stereocenters. The van der Waals surface area contributed by atoms with Crippen LogP contribution in [0.5, 0.6) is 0 Å². The van der Waals surface area contributed by atoms with Gasteiger partial charge in [0.15, 0.2) is 0 Å². The number of halogens is 3. The lowest BCUT2D eigenvalue weighted by atomic mass is 10.0. The van der Waals surface area contributed by atoms with Crippen molar-refractivity contribution in [2.24, 2.45) is 5.92 Å². The number of benzene rings is 1. The van der Waals surface area contributed by atoms with Crippen LogP contribution in [0.25, 0.3) is 0 Å². The lowest BCUT2D eigenvalue weighted by Crippen LogP contribution is -2.40. The second-order valence-electron chi connectivity index (χ2n) is 8.62. The molecule has 178 valence electrons. The Balaban J connectivity index is 1.50. The molecule has 4 rings (SSSR count). The van der Waals surface area contributed by atoms with E-state index < -0.39 is 13.0 Å². The smallest absolute Gasteiger partial charge is 0.322 e. The summed E-state index contributed by atoms with van der Waals surface area (Å²) < 4.78 is 40.1. The maximum Gasteiger partial charge on any atom is 0.322 e. The van der Waals surface area contributed by atoms with Crippen molar-refractivity contribution in [3.8, 4) is 0 Å². The normalized spacial score (nSPS) is 18.2. The number of nitrogens with one attached hydrogen (secondary N) is 2. The lowest BCUT2D eigenvalue weighted by Gasteiger charge is -2.27. The van der Waals surface area contributed by atoms with Crippen LogP contribution < -0.4 is 10.6 Å². The highest BCUT2D eigenvalue weighted by Crippen LogP contribution is 2.27. The first-order valence-corrected chi connectivity index (χ1v) is 10.9. The van der Waals surface area contributed by atoms with Gasteiger partial charge in [0, 0.05) is 56.8 Å². The number of anilines is 1. The van der Waals surface area contributed by atoms with Crippen LogP contribution in [0.3, 0.4) is 0 Å². The first kappa shape index (κ1) is 23.1. The summed E-state index contributed by atoms with van der Waals surface area (Å²) in [4.78, 5) is 29.1. The maximum atomic E-state index is 13.5. The zero-order valence-electron chi connectivity index (χ0n) is 18.6. The average molecular weight is 464 g/mol. The number of carbonyl (C=O) groups is 2. The highest BCUT2D eigenvalue weighted by atomic mass is 19.3. The van der Waals surface area contributed by atoms with Crippen LogP contribution >= 0.6 is 0 Å². The molecule has 2 N–H and O–H groups in total. The Kier molecular flexibility index (Phi) is 6.59. The van der Waals surface area contributed by atoms with Crippen LogP contribution in [-0.4, -0.2) is 71.2 Å². The summed E-state index contributed by atoms with van der Waals surface area (Å²) >= 11 is 0. The van der Waals surface area contributed by atoms with Crippen molar-refractivity contribution in [3.05, 3.63) is 46.5 Å². The van der Waals surface area contributed by atoms with Crippen molar-refractivity contribution in [1.82, 2.24) is 24.9 Å². The van der Waals surface area contributed by atoms with Crippen LogP contribution in [-0.2, 0) is 19.5 Å². The van der Waals surface area contributed by atoms with E-state index in [0.29, 0.717) is 55.1 Å². The van der Waals surface area contributed by atoms with E-state index in [0.717, 1.165) is 5.69 Å². The topological polar surface area (TPSA) is 82.5 Å². The fourth-order valence-corrected chi connectivity index (χ4v) is 4.38. The van der Waals surface area contributed by atoms with Gasteiger partial charge in [-0.25, -0.2) is 18.0 Å². The minimum atomic E-state index is -2.43. The molecule has 3 amide bonds. The van der Waals surface area contributed by atoms with Crippen molar-refractivity contribution in [2.45, 2.75) is 32.9 Å². The molecule has 8 nitrogen and oxygen atoms in total. The Morgan fingerprint density at radius 2 is 2.09 bits per heavy atom. The summed E-state index contributed by atoms with van der Waals surface area (Å²) in [5.74, 6) is -0.610. The molecule has 2 aliphatic heterocycles.